The van der Waals surface area contributed by atoms with Gasteiger partial charge in [-0.1, -0.05) is 18.5 Å². The maximum absolute atomic E-state index is 9.76. The Kier molecular flexibility index (Phi) is 3.07. The summed E-state index contributed by atoms with van der Waals surface area (Å²) in [5, 5.41) is 10.2. The van der Waals surface area contributed by atoms with Crippen LogP contribution in [0.3, 0.4) is 0 Å². The third kappa shape index (κ3) is 2.38. The highest BCUT2D eigenvalue weighted by Gasteiger charge is 2.24. The number of piperidine rings is 1. The zero-order valence-corrected chi connectivity index (χ0v) is 9.35. The molecule has 0 bridgehead atoms. The van der Waals surface area contributed by atoms with E-state index in [2.05, 4.69) is 16.9 Å². The van der Waals surface area contributed by atoms with Crippen LogP contribution in [-0.2, 0) is 0 Å². The third-order valence-electron chi connectivity index (χ3n) is 2.86. The standard InChI is InChI=1S/C10H14ClN3O/c1-7-2-3-14(5-8(7)15)10-4-9(11)12-6-13-10/h4,6-8,15H,2-3,5H2,1H3. The van der Waals surface area contributed by atoms with Gasteiger partial charge >= 0.3 is 0 Å². The zero-order valence-electron chi connectivity index (χ0n) is 8.60. The third-order valence-corrected chi connectivity index (χ3v) is 3.07. The van der Waals surface area contributed by atoms with E-state index in [-0.39, 0.29) is 6.10 Å². The lowest BCUT2D eigenvalue weighted by Crippen LogP contribution is -2.43. The van der Waals surface area contributed by atoms with Gasteiger partial charge in [0.05, 0.1) is 6.10 Å². The molecule has 15 heavy (non-hydrogen) atoms. The minimum absolute atomic E-state index is 0.285. The Morgan fingerprint density at radius 3 is 3.00 bits per heavy atom. The topological polar surface area (TPSA) is 49.2 Å². The molecule has 0 saturated carbocycles. The largest absolute Gasteiger partial charge is 0.391 e. The van der Waals surface area contributed by atoms with Crippen molar-refractivity contribution >= 4 is 17.4 Å². The predicted octanol–water partition coefficient (Wildman–Crippen LogP) is 1.34. The second-order valence-electron chi connectivity index (χ2n) is 3.98. The van der Waals surface area contributed by atoms with Crippen LogP contribution >= 0.6 is 11.6 Å². The van der Waals surface area contributed by atoms with Crippen LogP contribution in [-0.4, -0.2) is 34.3 Å². The van der Waals surface area contributed by atoms with E-state index >= 15 is 0 Å². The van der Waals surface area contributed by atoms with Gasteiger partial charge in [-0.2, -0.15) is 0 Å². The van der Waals surface area contributed by atoms with E-state index in [4.69, 9.17) is 11.6 Å². The van der Waals surface area contributed by atoms with Gasteiger partial charge < -0.3 is 10.0 Å². The number of aliphatic hydroxyl groups is 1. The molecule has 2 unspecified atom stereocenters. The Bertz CT molecular complexity index is 347. The van der Waals surface area contributed by atoms with Crippen LogP contribution in [0.5, 0.6) is 0 Å². The van der Waals surface area contributed by atoms with Gasteiger partial charge in [0, 0.05) is 19.2 Å². The van der Waals surface area contributed by atoms with Crippen LogP contribution in [0, 0.1) is 5.92 Å². The highest BCUT2D eigenvalue weighted by atomic mass is 35.5. The SMILES string of the molecule is CC1CCN(c2cc(Cl)ncn2)CC1O. The van der Waals surface area contributed by atoms with Gasteiger partial charge in [-0.05, 0) is 12.3 Å². The van der Waals surface area contributed by atoms with Crippen molar-refractivity contribution in [1.82, 2.24) is 9.97 Å². The summed E-state index contributed by atoms with van der Waals surface area (Å²) in [6.07, 6.45) is 2.14. The van der Waals surface area contributed by atoms with Gasteiger partial charge in [0.25, 0.3) is 0 Å². The lowest BCUT2D eigenvalue weighted by atomic mass is 9.96. The molecule has 1 N–H and O–H groups in total. The van der Waals surface area contributed by atoms with Gasteiger partial charge in [0.1, 0.15) is 17.3 Å². The molecule has 0 aromatic carbocycles. The first-order chi connectivity index (χ1) is 7.16. The second kappa shape index (κ2) is 4.33. The Labute approximate surface area is 93.9 Å². The molecule has 5 heteroatoms. The van der Waals surface area contributed by atoms with Crippen molar-refractivity contribution in [3.8, 4) is 0 Å². The van der Waals surface area contributed by atoms with E-state index in [1.165, 1.54) is 6.33 Å². The van der Waals surface area contributed by atoms with Gasteiger partial charge in [-0.3, -0.25) is 0 Å². The normalized spacial score (nSPS) is 26.7. The first kappa shape index (κ1) is 10.6. The molecule has 2 atom stereocenters. The maximum Gasteiger partial charge on any atom is 0.134 e. The number of β-amino-alcohol motifs (C(OH)–C–C–N with tert-alkyl or cyclic N) is 1. The minimum atomic E-state index is -0.285. The van der Waals surface area contributed by atoms with Gasteiger partial charge in [0.15, 0.2) is 0 Å². The molecule has 1 aliphatic rings. The number of nitrogens with zero attached hydrogens (tertiary/aromatic N) is 3. The molecule has 82 valence electrons. The van der Waals surface area contributed by atoms with Crippen molar-refractivity contribution in [2.75, 3.05) is 18.0 Å². The summed E-state index contributed by atoms with van der Waals surface area (Å²) in [5.41, 5.74) is 0. The summed E-state index contributed by atoms with van der Waals surface area (Å²) in [7, 11) is 0. The van der Waals surface area contributed by atoms with E-state index in [1.54, 1.807) is 6.07 Å². The summed E-state index contributed by atoms with van der Waals surface area (Å²) in [6.45, 7) is 3.59. The van der Waals surface area contributed by atoms with Crippen LogP contribution in [0.1, 0.15) is 13.3 Å². The fourth-order valence-corrected chi connectivity index (χ4v) is 1.90. The molecule has 0 radical (unpaired) electrons. The molecule has 1 aromatic heterocycles. The van der Waals surface area contributed by atoms with Crippen molar-refractivity contribution in [3.05, 3.63) is 17.5 Å². The molecule has 1 saturated heterocycles. The zero-order chi connectivity index (χ0) is 10.8. The predicted molar refractivity (Wildman–Crippen MR) is 59.0 cm³/mol. The summed E-state index contributed by atoms with van der Waals surface area (Å²) < 4.78 is 0. The van der Waals surface area contributed by atoms with Gasteiger partial charge in [0.2, 0.25) is 0 Å². The molecule has 4 nitrogen and oxygen atoms in total. The van der Waals surface area contributed by atoms with Crippen LogP contribution in [0.2, 0.25) is 5.15 Å². The molecule has 2 rings (SSSR count). The smallest absolute Gasteiger partial charge is 0.134 e. The summed E-state index contributed by atoms with van der Waals surface area (Å²) in [5.74, 6) is 1.15. The van der Waals surface area contributed by atoms with Crippen LogP contribution < -0.4 is 4.90 Å². The molecule has 1 aliphatic heterocycles. The molecule has 1 aromatic rings. The average molecular weight is 228 g/mol. The summed E-state index contributed by atoms with van der Waals surface area (Å²) in [4.78, 5) is 10.0. The van der Waals surface area contributed by atoms with Gasteiger partial charge in [-0.15, -0.1) is 0 Å². The van der Waals surface area contributed by atoms with Crippen molar-refractivity contribution in [3.63, 3.8) is 0 Å². The molecule has 0 aliphatic carbocycles. The molecular formula is C10H14ClN3O. The van der Waals surface area contributed by atoms with Crippen LogP contribution in [0.15, 0.2) is 12.4 Å². The average Bonchev–Trinajstić information content (AvgIpc) is 2.22. The number of rotatable bonds is 1. The summed E-state index contributed by atoms with van der Waals surface area (Å²) in [6, 6.07) is 1.73. The molecule has 0 amide bonds. The lowest BCUT2D eigenvalue weighted by Gasteiger charge is -2.34. The minimum Gasteiger partial charge on any atom is -0.391 e. The number of halogens is 1. The van der Waals surface area contributed by atoms with Crippen LogP contribution in [0.25, 0.3) is 0 Å². The highest BCUT2D eigenvalue weighted by molar-refractivity contribution is 6.29. The Hall–Kier alpha value is -0.870. The van der Waals surface area contributed by atoms with E-state index in [1.807, 2.05) is 4.90 Å². The monoisotopic (exact) mass is 227 g/mol. The lowest BCUT2D eigenvalue weighted by molar-refractivity contribution is 0.102. The number of aromatic nitrogens is 2. The van der Waals surface area contributed by atoms with Crippen LogP contribution in [0.4, 0.5) is 5.82 Å². The van der Waals surface area contributed by atoms with Crippen molar-refractivity contribution in [1.29, 1.82) is 0 Å². The maximum atomic E-state index is 9.76. The fraction of sp³-hybridized carbons (Fsp3) is 0.600. The van der Waals surface area contributed by atoms with E-state index < -0.39 is 0 Å². The van der Waals surface area contributed by atoms with Crippen molar-refractivity contribution < 1.29 is 5.11 Å². The molecule has 1 fully saturated rings. The Morgan fingerprint density at radius 1 is 1.53 bits per heavy atom. The Morgan fingerprint density at radius 2 is 2.33 bits per heavy atom. The van der Waals surface area contributed by atoms with E-state index in [9.17, 15) is 5.11 Å². The highest BCUT2D eigenvalue weighted by Crippen LogP contribution is 2.22. The van der Waals surface area contributed by atoms with Crippen molar-refractivity contribution in [2.45, 2.75) is 19.4 Å². The first-order valence-corrected chi connectivity index (χ1v) is 5.45. The first-order valence-electron chi connectivity index (χ1n) is 5.07. The van der Waals surface area contributed by atoms with Gasteiger partial charge in [-0.25, -0.2) is 9.97 Å². The number of hydrogen-bond acceptors (Lipinski definition) is 4. The molecular weight excluding hydrogens is 214 g/mol. The quantitative estimate of drug-likeness (QED) is 0.736. The second-order valence-corrected chi connectivity index (χ2v) is 4.37. The number of aliphatic hydroxyl groups excluding tert-OH is 1. The fourth-order valence-electron chi connectivity index (χ4n) is 1.75. The molecule has 2 heterocycles. The van der Waals surface area contributed by atoms with E-state index in [0.717, 1.165) is 18.8 Å². The summed E-state index contributed by atoms with van der Waals surface area (Å²) >= 11 is 5.79. The number of anilines is 1. The Balaban J connectivity index is 2.12. The van der Waals surface area contributed by atoms with E-state index in [0.29, 0.717) is 17.6 Å². The van der Waals surface area contributed by atoms with Crippen molar-refractivity contribution in [2.24, 2.45) is 5.92 Å². The number of hydrogen-bond donors (Lipinski definition) is 1. The molecule has 0 spiro atoms.